The number of rotatable bonds is 6. The van der Waals surface area contributed by atoms with Gasteiger partial charge in [-0.1, -0.05) is 21.3 Å². The molecular weight excluding hydrogens is 456 g/mol. The van der Waals surface area contributed by atoms with Crippen molar-refractivity contribution in [3.05, 3.63) is 10.6 Å². The number of hydrogen-bond donors (Lipinski definition) is 4. The molecule has 3 saturated heterocycles. The number of aliphatic carboxylic acids is 1. The van der Waals surface area contributed by atoms with Crippen molar-refractivity contribution in [3.63, 3.8) is 0 Å². The molecule has 4 N–H and O–H groups in total. The first kappa shape index (κ1) is 28.6. The van der Waals surface area contributed by atoms with E-state index in [9.17, 15) is 19.5 Å². The molecule has 0 aromatic carbocycles. The minimum Gasteiger partial charge on any atom is -0.477 e. The van der Waals surface area contributed by atoms with Crippen LogP contribution >= 0.6 is 11.8 Å². The summed E-state index contributed by atoms with van der Waals surface area (Å²) in [6.45, 7) is 7.57. The Kier molecular flexibility index (Phi) is 10.00. The quantitative estimate of drug-likeness (QED) is 0.405. The zero-order valence-electron chi connectivity index (χ0n) is 20.2. The average molecular weight is 499 g/mol. The second-order valence-electron chi connectivity index (χ2n) is 9.72. The van der Waals surface area contributed by atoms with Crippen molar-refractivity contribution in [1.82, 2.24) is 20.4 Å². The van der Waals surface area contributed by atoms with Crippen LogP contribution in [-0.2, 0) is 14.4 Å². The van der Waals surface area contributed by atoms with Crippen LogP contribution in [0.2, 0.25) is 0 Å². The van der Waals surface area contributed by atoms with Crippen LogP contribution in [0.25, 0.3) is 0 Å². The Balaban J connectivity index is 0.000000970. The van der Waals surface area contributed by atoms with Crippen LogP contribution in [-0.4, -0.2) is 95.0 Å². The van der Waals surface area contributed by atoms with E-state index >= 15 is 0 Å². The van der Waals surface area contributed by atoms with Crippen LogP contribution in [0.4, 0.5) is 0 Å². The van der Waals surface area contributed by atoms with E-state index in [1.807, 2.05) is 13.8 Å². The van der Waals surface area contributed by atoms with Crippen molar-refractivity contribution in [2.75, 3.05) is 33.8 Å². The Morgan fingerprint density at radius 1 is 1.15 bits per heavy atom. The standard InChI is InChI=1S/C21H32N4O4S.C2H6O.CH4/c1-10-16-11(2)19(26)25(16)17(21(28)29)18(10)30-14-7-13(22-9-14)5-12-6-15(23-8-12)20(27)24(3)4;1-2-3;/h10-16,22-23H,5-9H2,1-4H3,(H,28,29);3H,2H2,1H3;1H4. The van der Waals surface area contributed by atoms with Crippen molar-refractivity contribution in [2.24, 2.45) is 17.8 Å². The highest BCUT2D eigenvalue weighted by Gasteiger charge is 2.57. The topological polar surface area (TPSA) is 122 Å². The summed E-state index contributed by atoms with van der Waals surface area (Å²) in [5.41, 5.74) is 0.203. The Labute approximate surface area is 207 Å². The Bertz CT molecular complexity index is 804. The molecule has 10 heteroatoms. The zero-order valence-corrected chi connectivity index (χ0v) is 21.0. The summed E-state index contributed by atoms with van der Waals surface area (Å²) in [5, 5.41) is 24.5. The SMILES string of the molecule is C.CC1C(=O)N2C(C(=O)O)=C(SC3CNC(CC4CNC(C(=O)N(C)C)C4)C3)C(C)C12.CCO. The third kappa shape index (κ3) is 5.61. The van der Waals surface area contributed by atoms with Gasteiger partial charge in [0.15, 0.2) is 0 Å². The summed E-state index contributed by atoms with van der Waals surface area (Å²) < 4.78 is 0. The average Bonchev–Trinajstić information content (AvgIpc) is 3.46. The van der Waals surface area contributed by atoms with E-state index in [1.165, 1.54) is 4.90 Å². The molecule has 0 aromatic heterocycles. The molecule has 0 saturated carbocycles. The number of hydrogen-bond acceptors (Lipinski definition) is 7. The van der Waals surface area contributed by atoms with Gasteiger partial charge in [-0.15, -0.1) is 11.8 Å². The number of amides is 2. The molecule has 34 heavy (non-hydrogen) atoms. The number of thioether (sulfide) groups is 1. The van der Waals surface area contributed by atoms with Gasteiger partial charge in [0.25, 0.3) is 0 Å². The fourth-order valence-electron chi connectivity index (χ4n) is 5.55. The molecule has 0 spiro atoms. The van der Waals surface area contributed by atoms with Crippen molar-refractivity contribution < 1.29 is 24.6 Å². The lowest BCUT2D eigenvalue weighted by Gasteiger charge is -2.43. The van der Waals surface area contributed by atoms with E-state index in [1.54, 1.807) is 37.7 Å². The van der Waals surface area contributed by atoms with Gasteiger partial charge in [-0.25, -0.2) is 4.79 Å². The van der Waals surface area contributed by atoms with Crippen LogP contribution in [0.5, 0.6) is 0 Å². The fraction of sp³-hybridized carbons (Fsp3) is 0.792. The normalized spacial score (nSPS) is 34.1. The van der Waals surface area contributed by atoms with Gasteiger partial charge in [-0.2, -0.15) is 0 Å². The molecule has 0 radical (unpaired) electrons. The number of likely N-dealkylation sites (N-methyl/N-ethyl adjacent to an activating group) is 1. The molecule has 9 nitrogen and oxygen atoms in total. The highest BCUT2D eigenvalue weighted by Crippen LogP contribution is 2.51. The number of aliphatic hydroxyl groups excluding tert-OH is 1. The van der Waals surface area contributed by atoms with Crippen molar-refractivity contribution >= 4 is 29.5 Å². The van der Waals surface area contributed by atoms with E-state index in [-0.39, 0.29) is 55.5 Å². The van der Waals surface area contributed by atoms with E-state index in [0.717, 1.165) is 37.3 Å². The molecule has 0 aliphatic carbocycles. The lowest BCUT2D eigenvalue weighted by atomic mass is 9.84. The molecule has 4 aliphatic heterocycles. The first-order valence-electron chi connectivity index (χ1n) is 11.9. The minimum atomic E-state index is -0.997. The van der Waals surface area contributed by atoms with Gasteiger partial charge in [0.2, 0.25) is 11.8 Å². The number of carboxylic acid groups (broad SMARTS) is 1. The molecular formula is C24H42N4O5S. The lowest BCUT2D eigenvalue weighted by molar-refractivity contribution is -0.155. The van der Waals surface area contributed by atoms with Crippen LogP contribution in [0, 0.1) is 17.8 Å². The summed E-state index contributed by atoms with van der Waals surface area (Å²) in [6.07, 6.45) is 2.87. The van der Waals surface area contributed by atoms with Gasteiger partial charge in [0.05, 0.1) is 18.0 Å². The number of carbonyl (C=O) groups excluding carboxylic acids is 2. The van der Waals surface area contributed by atoms with Crippen molar-refractivity contribution in [1.29, 1.82) is 0 Å². The Morgan fingerprint density at radius 3 is 2.38 bits per heavy atom. The third-order valence-corrected chi connectivity index (χ3v) is 8.61. The maximum absolute atomic E-state index is 12.2. The van der Waals surface area contributed by atoms with E-state index < -0.39 is 5.97 Å². The second-order valence-corrected chi connectivity index (χ2v) is 11.1. The molecule has 0 aromatic rings. The smallest absolute Gasteiger partial charge is 0.353 e. The molecule has 4 heterocycles. The number of carbonyl (C=O) groups is 3. The number of fused-ring (bicyclic) bond motifs is 1. The zero-order chi connectivity index (χ0) is 24.4. The van der Waals surface area contributed by atoms with Crippen LogP contribution < -0.4 is 10.6 Å². The van der Waals surface area contributed by atoms with Gasteiger partial charge in [0.1, 0.15) is 5.70 Å². The first-order valence-corrected chi connectivity index (χ1v) is 12.7. The molecule has 4 aliphatic rings. The molecule has 3 fully saturated rings. The highest BCUT2D eigenvalue weighted by molar-refractivity contribution is 8.03. The molecule has 7 unspecified atom stereocenters. The largest absolute Gasteiger partial charge is 0.477 e. The predicted molar refractivity (Wildman–Crippen MR) is 134 cm³/mol. The maximum Gasteiger partial charge on any atom is 0.353 e. The minimum absolute atomic E-state index is 0. The first-order chi connectivity index (χ1) is 15.6. The molecule has 4 rings (SSSR count). The fourth-order valence-corrected chi connectivity index (χ4v) is 7.07. The van der Waals surface area contributed by atoms with Crippen LogP contribution in [0.15, 0.2) is 10.6 Å². The Morgan fingerprint density at radius 2 is 1.79 bits per heavy atom. The summed E-state index contributed by atoms with van der Waals surface area (Å²) in [6, 6.07) is 0.293. The number of β-lactam (4-membered cyclic amide) rings is 1. The van der Waals surface area contributed by atoms with Gasteiger partial charge in [-0.05, 0) is 38.6 Å². The lowest BCUT2D eigenvalue weighted by Crippen LogP contribution is -2.59. The number of nitrogens with zero attached hydrogens (tertiary/aromatic N) is 2. The molecule has 7 atom stereocenters. The van der Waals surface area contributed by atoms with Crippen molar-refractivity contribution in [2.45, 2.75) is 70.8 Å². The van der Waals surface area contributed by atoms with Crippen LogP contribution in [0.1, 0.15) is 47.5 Å². The highest BCUT2D eigenvalue weighted by atomic mass is 32.2. The van der Waals surface area contributed by atoms with Gasteiger partial charge in [-0.3, -0.25) is 9.59 Å². The molecule has 2 amide bonds. The van der Waals surface area contributed by atoms with Gasteiger partial charge in [0, 0.05) is 49.4 Å². The van der Waals surface area contributed by atoms with E-state index in [4.69, 9.17) is 5.11 Å². The summed E-state index contributed by atoms with van der Waals surface area (Å²) in [5.74, 6) is -0.484. The summed E-state index contributed by atoms with van der Waals surface area (Å²) >= 11 is 1.65. The van der Waals surface area contributed by atoms with Crippen molar-refractivity contribution in [3.8, 4) is 0 Å². The monoisotopic (exact) mass is 498 g/mol. The van der Waals surface area contributed by atoms with E-state index in [2.05, 4.69) is 10.6 Å². The third-order valence-electron chi connectivity index (χ3n) is 7.09. The summed E-state index contributed by atoms with van der Waals surface area (Å²) in [4.78, 5) is 40.3. The molecule has 194 valence electrons. The van der Waals surface area contributed by atoms with E-state index in [0.29, 0.717) is 17.2 Å². The summed E-state index contributed by atoms with van der Waals surface area (Å²) in [7, 11) is 3.58. The van der Waals surface area contributed by atoms with Crippen LogP contribution in [0.3, 0.4) is 0 Å². The Hall–Kier alpha value is -1.62. The number of nitrogens with one attached hydrogen (secondary N) is 2. The predicted octanol–water partition coefficient (Wildman–Crippen LogP) is 1.33. The number of aliphatic hydroxyl groups is 1. The number of carboxylic acids is 1. The molecule has 0 bridgehead atoms. The maximum atomic E-state index is 12.2. The van der Waals surface area contributed by atoms with Gasteiger partial charge < -0.3 is 30.6 Å². The van der Waals surface area contributed by atoms with Gasteiger partial charge >= 0.3 is 5.97 Å². The second kappa shape index (κ2) is 11.9.